The van der Waals surface area contributed by atoms with Crippen molar-refractivity contribution in [2.75, 3.05) is 5.32 Å². The molecule has 0 bridgehead atoms. The van der Waals surface area contributed by atoms with E-state index in [0.29, 0.717) is 13.0 Å². The number of fused-ring (bicyclic) bond motifs is 1. The van der Waals surface area contributed by atoms with Crippen LogP contribution in [0.15, 0.2) is 73.2 Å². The Bertz CT molecular complexity index is 1000. The molecule has 1 amide bonds. The van der Waals surface area contributed by atoms with Crippen molar-refractivity contribution in [3.8, 4) is 0 Å². The fourth-order valence-corrected chi connectivity index (χ4v) is 3.19. The number of rotatable bonds is 6. The van der Waals surface area contributed by atoms with Crippen LogP contribution in [0.3, 0.4) is 0 Å². The molecule has 0 aliphatic rings. The number of aromatic amines is 1. The molecule has 4 rings (SSSR count). The fourth-order valence-electron chi connectivity index (χ4n) is 3.19. The van der Waals surface area contributed by atoms with Gasteiger partial charge >= 0.3 is 0 Å². The number of H-pyrrole nitrogens is 1. The molecular formula is C21H20N4O. The molecule has 5 heteroatoms. The molecular weight excluding hydrogens is 324 g/mol. The van der Waals surface area contributed by atoms with E-state index in [0.717, 1.165) is 23.4 Å². The Morgan fingerprint density at radius 3 is 2.69 bits per heavy atom. The van der Waals surface area contributed by atoms with E-state index < -0.39 is 0 Å². The molecule has 26 heavy (non-hydrogen) atoms. The van der Waals surface area contributed by atoms with Crippen LogP contribution in [0.5, 0.6) is 0 Å². The molecule has 130 valence electrons. The Labute approximate surface area is 151 Å². The molecule has 0 radical (unpaired) electrons. The highest BCUT2D eigenvalue weighted by molar-refractivity contribution is 5.91. The van der Waals surface area contributed by atoms with E-state index in [2.05, 4.69) is 38.2 Å². The zero-order valence-electron chi connectivity index (χ0n) is 14.4. The van der Waals surface area contributed by atoms with E-state index in [1.165, 1.54) is 10.9 Å². The summed E-state index contributed by atoms with van der Waals surface area (Å²) in [6, 6.07) is 17.8. The maximum atomic E-state index is 12.2. The largest absolute Gasteiger partial charge is 0.348 e. The highest BCUT2D eigenvalue weighted by Crippen LogP contribution is 2.23. The van der Waals surface area contributed by atoms with Crippen molar-refractivity contribution >= 4 is 22.5 Å². The highest BCUT2D eigenvalue weighted by Gasteiger charge is 2.11. The Balaban J connectivity index is 1.50. The van der Waals surface area contributed by atoms with E-state index in [1.807, 2.05) is 48.7 Å². The zero-order chi connectivity index (χ0) is 17.8. The Hall–Kier alpha value is -3.34. The van der Waals surface area contributed by atoms with Crippen molar-refractivity contribution in [3.05, 3.63) is 84.6 Å². The Morgan fingerprint density at radius 1 is 1.08 bits per heavy atom. The average Bonchev–Trinajstić information content (AvgIpc) is 3.30. The van der Waals surface area contributed by atoms with E-state index in [9.17, 15) is 4.79 Å². The lowest BCUT2D eigenvalue weighted by atomic mass is 10.1. The van der Waals surface area contributed by atoms with Gasteiger partial charge in [-0.1, -0.05) is 36.4 Å². The maximum absolute atomic E-state index is 12.2. The second-order valence-electron chi connectivity index (χ2n) is 6.24. The topological polar surface area (TPSA) is 62.7 Å². The number of imidazole rings is 1. The summed E-state index contributed by atoms with van der Waals surface area (Å²) in [6.07, 6.45) is 6.90. The Morgan fingerprint density at radius 2 is 1.88 bits per heavy atom. The number of benzene rings is 2. The van der Waals surface area contributed by atoms with Crippen molar-refractivity contribution < 1.29 is 4.79 Å². The van der Waals surface area contributed by atoms with Gasteiger partial charge in [0.2, 0.25) is 5.91 Å². The van der Waals surface area contributed by atoms with Crippen molar-refractivity contribution in [2.24, 2.45) is 0 Å². The monoisotopic (exact) mass is 344 g/mol. The standard InChI is InChI=1S/C21H20N4O/c26-21(24-17-6-2-1-3-7-17)10-13-25-15-16(14-20-22-11-12-23-20)18-8-4-5-9-19(18)25/h1-9,11-12,15H,10,13-14H2,(H,22,23)(H,24,26). The number of hydrogen-bond donors (Lipinski definition) is 2. The van der Waals surface area contributed by atoms with Crippen LogP contribution in [-0.2, 0) is 17.8 Å². The summed E-state index contributed by atoms with van der Waals surface area (Å²) in [4.78, 5) is 19.7. The second-order valence-corrected chi connectivity index (χ2v) is 6.24. The van der Waals surface area contributed by atoms with Crippen LogP contribution in [0, 0.1) is 0 Å². The molecule has 2 N–H and O–H groups in total. The first-order valence-electron chi connectivity index (χ1n) is 8.69. The van der Waals surface area contributed by atoms with Crippen LogP contribution in [0.2, 0.25) is 0 Å². The first-order chi connectivity index (χ1) is 12.8. The number of carbonyl (C=O) groups excluding carboxylic acids is 1. The van der Waals surface area contributed by atoms with Crippen LogP contribution in [-0.4, -0.2) is 20.4 Å². The van der Waals surface area contributed by atoms with Gasteiger partial charge in [-0.2, -0.15) is 0 Å². The summed E-state index contributed by atoms with van der Waals surface area (Å²) in [5.74, 6) is 0.955. The number of aryl methyl sites for hydroxylation is 1. The number of aromatic nitrogens is 3. The van der Waals surface area contributed by atoms with E-state index >= 15 is 0 Å². The van der Waals surface area contributed by atoms with Crippen LogP contribution in [0.4, 0.5) is 5.69 Å². The average molecular weight is 344 g/mol. The Kier molecular flexibility index (Phi) is 4.51. The molecule has 2 heterocycles. The fraction of sp³-hybridized carbons (Fsp3) is 0.143. The molecule has 0 unspecified atom stereocenters. The van der Waals surface area contributed by atoms with Crippen molar-refractivity contribution in [3.63, 3.8) is 0 Å². The lowest BCUT2D eigenvalue weighted by Crippen LogP contribution is -2.14. The zero-order valence-corrected chi connectivity index (χ0v) is 14.4. The number of hydrogen-bond acceptors (Lipinski definition) is 2. The first-order valence-corrected chi connectivity index (χ1v) is 8.69. The number of carbonyl (C=O) groups is 1. The van der Waals surface area contributed by atoms with Crippen molar-refractivity contribution in [1.82, 2.24) is 14.5 Å². The molecule has 0 atom stereocenters. The van der Waals surface area contributed by atoms with E-state index in [1.54, 1.807) is 6.20 Å². The summed E-state index contributed by atoms with van der Waals surface area (Å²) < 4.78 is 2.15. The lowest BCUT2D eigenvalue weighted by Gasteiger charge is -2.07. The number of nitrogens with zero attached hydrogens (tertiary/aromatic N) is 2. The summed E-state index contributed by atoms with van der Waals surface area (Å²) in [5, 5.41) is 4.14. The summed E-state index contributed by atoms with van der Waals surface area (Å²) >= 11 is 0. The van der Waals surface area contributed by atoms with Crippen LogP contribution in [0.1, 0.15) is 17.8 Å². The number of amides is 1. The molecule has 0 aliphatic heterocycles. The van der Waals surface area contributed by atoms with Gasteiger partial charge < -0.3 is 14.9 Å². The third-order valence-electron chi connectivity index (χ3n) is 4.42. The van der Waals surface area contributed by atoms with Gasteiger partial charge in [0.15, 0.2) is 0 Å². The quantitative estimate of drug-likeness (QED) is 0.556. The van der Waals surface area contributed by atoms with Crippen LogP contribution >= 0.6 is 0 Å². The molecule has 5 nitrogen and oxygen atoms in total. The third kappa shape index (κ3) is 3.52. The molecule has 0 aliphatic carbocycles. The lowest BCUT2D eigenvalue weighted by molar-refractivity contribution is -0.116. The molecule has 2 aromatic heterocycles. The highest BCUT2D eigenvalue weighted by atomic mass is 16.1. The molecule has 2 aromatic carbocycles. The van der Waals surface area contributed by atoms with Gasteiger partial charge in [-0.15, -0.1) is 0 Å². The normalized spacial score (nSPS) is 10.9. The third-order valence-corrected chi connectivity index (χ3v) is 4.42. The molecule has 0 saturated heterocycles. The smallest absolute Gasteiger partial charge is 0.226 e. The number of para-hydroxylation sites is 2. The minimum absolute atomic E-state index is 0.0153. The van der Waals surface area contributed by atoms with Gasteiger partial charge in [0.1, 0.15) is 5.82 Å². The minimum Gasteiger partial charge on any atom is -0.348 e. The van der Waals surface area contributed by atoms with Gasteiger partial charge in [-0.05, 0) is 23.8 Å². The molecule has 0 spiro atoms. The van der Waals surface area contributed by atoms with E-state index in [4.69, 9.17) is 0 Å². The molecule has 0 fully saturated rings. The number of anilines is 1. The van der Waals surface area contributed by atoms with Crippen molar-refractivity contribution in [1.29, 1.82) is 0 Å². The maximum Gasteiger partial charge on any atom is 0.226 e. The van der Waals surface area contributed by atoms with E-state index in [-0.39, 0.29) is 5.91 Å². The SMILES string of the molecule is O=C(CCn1cc(Cc2ncc[nH]2)c2ccccc21)Nc1ccccc1. The van der Waals surface area contributed by atoms with Gasteiger partial charge in [0.25, 0.3) is 0 Å². The van der Waals surface area contributed by atoms with Gasteiger partial charge in [-0.25, -0.2) is 4.98 Å². The van der Waals surface area contributed by atoms with Crippen molar-refractivity contribution in [2.45, 2.75) is 19.4 Å². The predicted octanol–water partition coefficient (Wildman–Crippen LogP) is 3.98. The summed E-state index contributed by atoms with van der Waals surface area (Å²) in [7, 11) is 0. The summed E-state index contributed by atoms with van der Waals surface area (Å²) in [5.41, 5.74) is 3.17. The number of nitrogens with one attached hydrogen (secondary N) is 2. The molecule has 0 saturated carbocycles. The second kappa shape index (κ2) is 7.27. The van der Waals surface area contributed by atoms with Crippen LogP contribution < -0.4 is 5.32 Å². The van der Waals surface area contributed by atoms with Gasteiger partial charge in [-0.3, -0.25) is 4.79 Å². The predicted molar refractivity (Wildman–Crippen MR) is 103 cm³/mol. The molecule has 4 aromatic rings. The van der Waals surface area contributed by atoms with Gasteiger partial charge in [0.05, 0.1) is 0 Å². The van der Waals surface area contributed by atoms with Gasteiger partial charge in [0, 0.05) is 54.6 Å². The van der Waals surface area contributed by atoms with Crippen LogP contribution in [0.25, 0.3) is 10.9 Å². The minimum atomic E-state index is 0.0153. The first kappa shape index (κ1) is 16.1. The summed E-state index contributed by atoms with van der Waals surface area (Å²) in [6.45, 7) is 0.636.